The monoisotopic (exact) mass is 680 g/mol. The normalized spacial score (nSPS) is 11.6. The number of hydrogen-bond acceptors (Lipinski definition) is 7. The molecule has 8 nitrogen and oxygen atoms in total. The average Bonchev–Trinajstić information content (AvgIpc) is 3.42. The van der Waals surface area contributed by atoms with Crippen LogP contribution in [0.2, 0.25) is 10.0 Å². The van der Waals surface area contributed by atoms with E-state index in [-0.39, 0.29) is 22.1 Å². The molecular weight excluding hydrogens is 655 g/mol. The molecule has 4 aromatic carbocycles. The number of carbonyl (C=O) groups is 2. The highest BCUT2D eigenvalue weighted by Crippen LogP contribution is 2.29. The first-order valence-corrected chi connectivity index (χ1v) is 16.9. The maximum absolute atomic E-state index is 13.5. The van der Waals surface area contributed by atoms with Gasteiger partial charge in [-0.1, -0.05) is 53.5 Å². The summed E-state index contributed by atoms with van der Waals surface area (Å²) in [5.41, 5.74) is 2.81. The fourth-order valence-corrected chi connectivity index (χ4v) is 6.97. The van der Waals surface area contributed by atoms with Crippen molar-refractivity contribution in [1.82, 2.24) is 4.98 Å². The van der Waals surface area contributed by atoms with Gasteiger partial charge in [-0.2, -0.15) is 0 Å². The van der Waals surface area contributed by atoms with Gasteiger partial charge in [-0.15, -0.1) is 11.3 Å². The lowest BCUT2D eigenvalue weighted by atomic mass is 10.1. The van der Waals surface area contributed by atoms with Crippen LogP contribution in [0.3, 0.4) is 0 Å². The SMILES string of the molecule is O=C(O)COc1ccc(CCCS(=O)(=O)c2ccc(Cl)cc2)cc1NC(=O)c1ccccc1/C=C/c1nc2cc(Cl)ccc2s1. The molecule has 0 aliphatic carbocycles. The van der Waals surface area contributed by atoms with Gasteiger partial charge in [0.05, 0.1) is 26.6 Å². The van der Waals surface area contributed by atoms with Crippen LogP contribution >= 0.6 is 34.5 Å². The van der Waals surface area contributed by atoms with Gasteiger partial charge in [0.1, 0.15) is 10.8 Å². The van der Waals surface area contributed by atoms with Crippen LogP contribution in [-0.4, -0.2) is 42.7 Å². The van der Waals surface area contributed by atoms with Gasteiger partial charge in [-0.25, -0.2) is 18.2 Å². The summed E-state index contributed by atoms with van der Waals surface area (Å²) >= 11 is 13.5. The summed E-state index contributed by atoms with van der Waals surface area (Å²) in [4.78, 5) is 29.5. The largest absolute Gasteiger partial charge is 0.480 e. The van der Waals surface area contributed by atoms with Crippen LogP contribution in [-0.2, 0) is 21.1 Å². The van der Waals surface area contributed by atoms with E-state index in [9.17, 15) is 18.0 Å². The molecule has 0 saturated heterocycles. The van der Waals surface area contributed by atoms with Crippen molar-refractivity contribution in [3.63, 3.8) is 0 Å². The van der Waals surface area contributed by atoms with Crippen LogP contribution < -0.4 is 10.1 Å². The number of aliphatic carboxylic acids is 1. The number of sulfone groups is 1. The van der Waals surface area contributed by atoms with Crippen LogP contribution in [0.5, 0.6) is 5.75 Å². The summed E-state index contributed by atoms with van der Waals surface area (Å²) in [6.07, 6.45) is 4.33. The van der Waals surface area contributed by atoms with Crippen molar-refractivity contribution >= 4 is 84.3 Å². The molecule has 2 N–H and O–H groups in total. The number of thiazole rings is 1. The van der Waals surface area contributed by atoms with E-state index >= 15 is 0 Å². The number of carboxylic acids is 1. The molecule has 12 heteroatoms. The lowest BCUT2D eigenvalue weighted by Crippen LogP contribution is -2.16. The number of hydrogen-bond donors (Lipinski definition) is 2. The Bertz CT molecular complexity index is 2010. The van der Waals surface area contributed by atoms with Crippen LogP contribution in [0.1, 0.15) is 32.9 Å². The number of nitrogens with zero attached hydrogens (tertiary/aromatic N) is 1. The molecule has 1 amide bonds. The van der Waals surface area contributed by atoms with E-state index in [4.69, 9.17) is 33.0 Å². The van der Waals surface area contributed by atoms with Crippen molar-refractivity contribution in [1.29, 1.82) is 0 Å². The van der Waals surface area contributed by atoms with E-state index in [0.29, 0.717) is 34.0 Å². The number of nitrogens with one attached hydrogen (secondary N) is 1. The third kappa shape index (κ3) is 8.49. The molecule has 0 radical (unpaired) electrons. The number of anilines is 1. The molecular formula is C33H26Cl2N2O6S2. The summed E-state index contributed by atoms with van der Waals surface area (Å²) in [5.74, 6) is -1.52. The lowest BCUT2D eigenvalue weighted by molar-refractivity contribution is -0.139. The average molecular weight is 682 g/mol. The zero-order valence-corrected chi connectivity index (χ0v) is 26.7. The van der Waals surface area contributed by atoms with Crippen molar-refractivity contribution in [2.75, 3.05) is 17.7 Å². The van der Waals surface area contributed by atoms with Gasteiger partial charge in [0.25, 0.3) is 5.91 Å². The van der Waals surface area contributed by atoms with Crippen molar-refractivity contribution in [3.05, 3.63) is 117 Å². The van der Waals surface area contributed by atoms with Crippen LogP contribution in [0.25, 0.3) is 22.4 Å². The number of amides is 1. The first kappa shape index (κ1) is 32.2. The zero-order valence-electron chi connectivity index (χ0n) is 23.6. The van der Waals surface area contributed by atoms with E-state index in [1.807, 2.05) is 24.3 Å². The quantitative estimate of drug-likeness (QED) is 0.137. The third-order valence-corrected chi connectivity index (χ3v) is 9.98. The summed E-state index contributed by atoms with van der Waals surface area (Å²) in [6, 6.07) is 23.5. The van der Waals surface area contributed by atoms with E-state index < -0.39 is 28.3 Å². The Balaban J connectivity index is 1.33. The summed E-state index contributed by atoms with van der Waals surface area (Å²) in [6.45, 7) is -0.603. The number of rotatable bonds is 12. The Hall–Kier alpha value is -4.22. The smallest absolute Gasteiger partial charge is 0.341 e. The van der Waals surface area contributed by atoms with Gasteiger partial charge in [0, 0.05) is 15.6 Å². The number of carbonyl (C=O) groups excluding carboxylic acids is 1. The number of fused-ring (bicyclic) bond motifs is 1. The molecule has 45 heavy (non-hydrogen) atoms. The third-order valence-electron chi connectivity index (χ3n) is 6.67. The standard InChI is InChI=1S/C33H26Cl2N2O6S2/c34-23-9-12-25(13-10-23)45(41,42)17-3-4-21-7-14-29(43-20-32(38)39)27(18-21)37-33(40)26-6-2-1-5-22(26)8-16-31-36-28-19-24(35)11-15-30(28)44-31/h1-2,5-16,18-19H,3-4,17,20H2,(H,37,40)(H,38,39)/b16-8+. The van der Waals surface area contributed by atoms with Gasteiger partial charge in [0.2, 0.25) is 0 Å². The molecule has 0 atom stereocenters. The highest BCUT2D eigenvalue weighted by Gasteiger charge is 2.17. The molecule has 0 spiro atoms. The van der Waals surface area contributed by atoms with Crippen LogP contribution in [0.4, 0.5) is 5.69 Å². The fraction of sp³-hybridized carbons (Fsp3) is 0.121. The molecule has 0 unspecified atom stereocenters. The Morgan fingerprint density at radius 2 is 1.69 bits per heavy atom. The minimum atomic E-state index is -3.51. The number of aryl methyl sites for hydroxylation is 1. The molecule has 1 aromatic heterocycles. The molecule has 0 saturated carbocycles. The second-order valence-electron chi connectivity index (χ2n) is 9.93. The maximum atomic E-state index is 13.5. The Labute approximate surface area is 273 Å². The Morgan fingerprint density at radius 1 is 0.933 bits per heavy atom. The number of aromatic nitrogens is 1. The minimum Gasteiger partial charge on any atom is -0.480 e. The second-order valence-corrected chi connectivity index (χ2v) is 14.0. The van der Waals surface area contributed by atoms with E-state index in [1.165, 1.54) is 35.6 Å². The molecule has 1 heterocycles. The Kier molecular flexibility index (Phi) is 10.2. The van der Waals surface area contributed by atoms with Crippen molar-refractivity contribution in [2.24, 2.45) is 0 Å². The van der Waals surface area contributed by atoms with Crippen LogP contribution in [0, 0.1) is 0 Å². The fourth-order valence-electron chi connectivity index (χ4n) is 4.51. The van der Waals surface area contributed by atoms with Gasteiger partial charge in [-0.05, 0) is 90.7 Å². The molecule has 0 fully saturated rings. The van der Waals surface area contributed by atoms with E-state index in [1.54, 1.807) is 48.5 Å². The van der Waals surface area contributed by atoms with Gasteiger partial charge in [0.15, 0.2) is 16.4 Å². The number of benzene rings is 4. The second kappa shape index (κ2) is 14.3. The first-order chi connectivity index (χ1) is 21.6. The maximum Gasteiger partial charge on any atom is 0.341 e. The highest BCUT2D eigenvalue weighted by molar-refractivity contribution is 7.91. The number of carboxylic acid groups (broad SMARTS) is 1. The first-order valence-electron chi connectivity index (χ1n) is 13.7. The van der Waals surface area contributed by atoms with Crippen LogP contribution in [0.15, 0.2) is 89.8 Å². The van der Waals surface area contributed by atoms with Crippen molar-refractivity contribution in [2.45, 2.75) is 17.7 Å². The highest BCUT2D eigenvalue weighted by atomic mass is 35.5. The van der Waals surface area contributed by atoms with Crippen molar-refractivity contribution in [3.8, 4) is 5.75 Å². The number of ether oxygens (including phenoxy) is 1. The molecule has 0 aliphatic heterocycles. The molecule has 0 bridgehead atoms. The topological polar surface area (TPSA) is 123 Å². The van der Waals surface area contributed by atoms with Crippen molar-refractivity contribution < 1.29 is 27.9 Å². The minimum absolute atomic E-state index is 0.0883. The van der Waals surface area contributed by atoms with Gasteiger partial charge in [-0.3, -0.25) is 4.79 Å². The summed E-state index contributed by atoms with van der Waals surface area (Å²) < 4.78 is 31.9. The molecule has 5 rings (SSSR count). The summed E-state index contributed by atoms with van der Waals surface area (Å²) in [5, 5.41) is 13.8. The van der Waals surface area contributed by atoms with Gasteiger partial charge >= 0.3 is 5.97 Å². The molecule has 230 valence electrons. The van der Waals surface area contributed by atoms with E-state index in [2.05, 4.69) is 10.3 Å². The molecule has 0 aliphatic rings. The summed E-state index contributed by atoms with van der Waals surface area (Å²) in [7, 11) is -3.51. The van der Waals surface area contributed by atoms with Gasteiger partial charge < -0.3 is 15.2 Å². The number of halogens is 2. The lowest BCUT2D eigenvalue weighted by Gasteiger charge is -2.14. The zero-order chi connectivity index (χ0) is 32.0. The predicted octanol–water partition coefficient (Wildman–Crippen LogP) is 7.90. The van der Waals surface area contributed by atoms with E-state index in [0.717, 1.165) is 20.8 Å². The predicted molar refractivity (Wildman–Crippen MR) is 179 cm³/mol. The Morgan fingerprint density at radius 3 is 2.47 bits per heavy atom. The molecule has 5 aromatic rings.